The molecule has 0 aromatic heterocycles. The highest BCUT2D eigenvalue weighted by molar-refractivity contribution is 5.51. The molecule has 0 rings (SSSR count). The Morgan fingerprint density at radius 1 is 0.731 bits per heavy atom. The molecule has 0 aromatic carbocycles. The lowest BCUT2D eigenvalue weighted by Crippen LogP contribution is -2.26. The van der Waals surface area contributed by atoms with Crippen LogP contribution in [-0.4, -0.2) is 92.5 Å². The van der Waals surface area contributed by atoms with E-state index in [-0.39, 0.29) is 5.92 Å². The van der Waals surface area contributed by atoms with Gasteiger partial charge in [0.2, 0.25) is 0 Å². The SMILES string of the molecule is CC(C)C=O.CNCCOCCOCCOCCOCCOCCNN. The van der Waals surface area contributed by atoms with Crippen LogP contribution in [0, 0.1) is 5.92 Å². The van der Waals surface area contributed by atoms with Crippen molar-refractivity contribution in [3.05, 3.63) is 0 Å². The number of likely N-dealkylation sites (N-methyl/N-ethyl adjacent to an activating group) is 1. The van der Waals surface area contributed by atoms with Crippen molar-refractivity contribution in [2.75, 3.05) is 86.2 Å². The van der Waals surface area contributed by atoms with Crippen molar-refractivity contribution in [3.63, 3.8) is 0 Å². The zero-order valence-electron chi connectivity index (χ0n) is 16.7. The molecular weight excluding hydrogens is 342 g/mol. The summed E-state index contributed by atoms with van der Waals surface area (Å²) < 4.78 is 26.6. The standard InChI is InChI=1S/C13H31N3O5.C4H8O/c1-15-2-4-17-6-8-19-10-12-21-13-11-20-9-7-18-5-3-16-14;1-4(2)3-5/h15-16H,2-14H2,1H3;3-4H,1-2H3. The second kappa shape index (κ2) is 26.6. The summed E-state index contributed by atoms with van der Waals surface area (Å²) in [5.41, 5.74) is 2.51. The maximum Gasteiger partial charge on any atom is 0.122 e. The van der Waals surface area contributed by atoms with E-state index in [1.165, 1.54) is 0 Å². The average molecular weight is 382 g/mol. The van der Waals surface area contributed by atoms with E-state index in [0.717, 1.165) is 12.8 Å². The summed E-state index contributed by atoms with van der Waals surface area (Å²) in [7, 11) is 1.90. The third-order valence-corrected chi connectivity index (χ3v) is 2.65. The molecule has 0 amide bonds. The van der Waals surface area contributed by atoms with Crippen LogP contribution in [-0.2, 0) is 28.5 Å². The molecule has 158 valence electrons. The Bertz CT molecular complexity index is 243. The fourth-order valence-corrected chi connectivity index (χ4v) is 1.29. The number of hydrazine groups is 1. The number of ether oxygens (including phenoxy) is 5. The first kappa shape index (κ1) is 27.6. The van der Waals surface area contributed by atoms with Crippen LogP contribution in [0.4, 0.5) is 0 Å². The van der Waals surface area contributed by atoms with Gasteiger partial charge in [0.25, 0.3) is 0 Å². The van der Waals surface area contributed by atoms with Crippen LogP contribution in [0.15, 0.2) is 0 Å². The Hall–Kier alpha value is -0.650. The molecule has 9 heteroatoms. The van der Waals surface area contributed by atoms with Crippen molar-refractivity contribution in [2.24, 2.45) is 11.8 Å². The van der Waals surface area contributed by atoms with Gasteiger partial charge in [-0.15, -0.1) is 0 Å². The van der Waals surface area contributed by atoms with Crippen molar-refractivity contribution in [1.82, 2.24) is 10.7 Å². The van der Waals surface area contributed by atoms with Crippen LogP contribution < -0.4 is 16.6 Å². The van der Waals surface area contributed by atoms with Gasteiger partial charge in [-0.05, 0) is 7.05 Å². The first-order chi connectivity index (χ1) is 12.7. The fraction of sp³-hybridized carbons (Fsp3) is 0.941. The van der Waals surface area contributed by atoms with Gasteiger partial charge in [0.1, 0.15) is 6.29 Å². The molecule has 0 saturated heterocycles. The highest BCUT2D eigenvalue weighted by atomic mass is 16.6. The number of hydrogen-bond donors (Lipinski definition) is 3. The first-order valence-corrected chi connectivity index (χ1v) is 9.11. The van der Waals surface area contributed by atoms with Crippen LogP contribution in [0.25, 0.3) is 0 Å². The highest BCUT2D eigenvalue weighted by Crippen LogP contribution is 1.83. The van der Waals surface area contributed by atoms with E-state index in [0.29, 0.717) is 72.6 Å². The maximum atomic E-state index is 9.50. The minimum absolute atomic E-state index is 0.204. The lowest BCUT2D eigenvalue weighted by atomic mass is 10.3. The van der Waals surface area contributed by atoms with Gasteiger partial charge in [0.15, 0.2) is 0 Å². The molecule has 0 aliphatic rings. The van der Waals surface area contributed by atoms with Crippen molar-refractivity contribution >= 4 is 6.29 Å². The molecule has 0 fully saturated rings. The molecule has 9 nitrogen and oxygen atoms in total. The van der Waals surface area contributed by atoms with Crippen LogP contribution in [0.5, 0.6) is 0 Å². The predicted molar refractivity (Wildman–Crippen MR) is 101 cm³/mol. The molecule has 0 atom stereocenters. The van der Waals surface area contributed by atoms with Gasteiger partial charge in [-0.3, -0.25) is 11.3 Å². The smallest absolute Gasteiger partial charge is 0.122 e. The summed E-state index contributed by atoms with van der Waals surface area (Å²) in [6, 6.07) is 0. The van der Waals surface area contributed by atoms with Gasteiger partial charge < -0.3 is 33.8 Å². The molecule has 4 N–H and O–H groups in total. The van der Waals surface area contributed by atoms with E-state index in [9.17, 15) is 4.79 Å². The van der Waals surface area contributed by atoms with Crippen molar-refractivity contribution < 1.29 is 28.5 Å². The number of hydrogen-bond acceptors (Lipinski definition) is 9. The van der Waals surface area contributed by atoms with E-state index in [4.69, 9.17) is 29.5 Å². The molecule has 0 aliphatic carbocycles. The Balaban J connectivity index is 0. The fourth-order valence-electron chi connectivity index (χ4n) is 1.29. The van der Waals surface area contributed by atoms with Gasteiger partial charge in [-0.1, -0.05) is 13.8 Å². The monoisotopic (exact) mass is 381 g/mol. The minimum Gasteiger partial charge on any atom is -0.378 e. The zero-order valence-corrected chi connectivity index (χ0v) is 16.7. The highest BCUT2D eigenvalue weighted by Gasteiger charge is 1.93. The van der Waals surface area contributed by atoms with Crippen LogP contribution in [0.3, 0.4) is 0 Å². The number of aldehydes is 1. The predicted octanol–water partition coefficient (Wildman–Crippen LogP) is -0.407. The third kappa shape index (κ3) is 31.2. The number of carbonyl (C=O) groups excluding carboxylic acids is 1. The maximum absolute atomic E-state index is 9.50. The quantitative estimate of drug-likeness (QED) is 0.119. The zero-order chi connectivity index (χ0) is 19.7. The molecule has 0 heterocycles. The van der Waals surface area contributed by atoms with Crippen molar-refractivity contribution in [1.29, 1.82) is 0 Å². The molecular formula is C17H39N3O6. The summed E-state index contributed by atoms with van der Waals surface area (Å²) in [5, 5.41) is 3.01. The topological polar surface area (TPSA) is 113 Å². The Kier molecular flexibility index (Phi) is 28.2. The molecule has 0 aromatic rings. The summed E-state index contributed by atoms with van der Waals surface area (Å²) in [4.78, 5) is 9.50. The molecule has 0 radical (unpaired) electrons. The average Bonchev–Trinajstić information content (AvgIpc) is 2.64. The summed E-state index contributed by atoms with van der Waals surface area (Å²) in [6.45, 7) is 11.1. The molecule has 0 aliphatic heterocycles. The Morgan fingerprint density at radius 2 is 1.04 bits per heavy atom. The van der Waals surface area contributed by atoms with Gasteiger partial charge >= 0.3 is 0 Å². The van der Waals surface area contributed by atoms with Crippen molar-refractivity contribution in [3.8, 4) is 0 Å². The Labute approximate surface area is 158 Å². The number of carbonyl (C=O) groups is 1. The molecule has 0 bridgehead atoms. The van der Waals surface area contributed by atoms with E-state index in [1.54, 1.807) is 0 Å². The molecule has 0 spiro atoms. The van der Waals surface area contributed by atoms with E-state index < -0.39 is 0 Å². The van der Waals surface area contributed by atoms with Crippen LogP contribution in [0.1, 0.15) is 13.8 Å². The number of nitrogens with two attached hydrogens (primary N) is 1. The normalized spacial score (nSPS) is 10.7. The van der Waals surface area contributed by atoms with Crippen LogP contribution in [0.2, 0.25) is 0 Å². The summed E-state index contributed by atoms with van der Waals surface area (Å²) in [5.74, 6) is 5.30. The minimum atomic E-state index is 0.204. The van der Waals surface area contributed by atoms with E-state index >= 15 is 0 Å². The summed E-state index contributed by atoms with van der Waals surface area (Å²) in [6.07, 6.45) is 0.917. The molecule has 0 saturated carbocycles. The van der Waals surface area contributed by atoms with E-state index in [2.05, 4.69) is 10.7 Å². The lowest BCUT2D eigenvalue weighted by molar-refractivity contribution is -0.110. The van der Waals surface area contributed by atoms with Gasteiger partial charge in [0.05, 0.1) is 66.1 Å². The van der Waals surface area contributed by atoms with Gasteiger partial charge in [-0.25, -0.2) is 0 Å². The number of nitrogens with one attached hydrogen (secondary N) is 2. The summed E-state index contributed by atoms with van der Waals surface area (Å²) >= 11 is 0. The molecule has 0 unspecified atom stereocenters. The van der Waals surface area contributed by atoms with Gasteiger partial charge in [0, 0.05) is 19.0 Å². The second-order valence-electron chi connectivity index (χ2n) is 5.50. The first-order valence-electron chi connectivity index (χ1n) is 9.11. The van der Waals surface area contributed by atoms with Gasteiger partial charge in [-0.2, -0.15) is 0 Å². The third-order valence-electron chi connectivity index (χ3n) is 2.65. The van der Waals surface area contributed by atoms with E-state index in [1.807, 2.05) is 20.9 Å². The Morgan fingerprint density at radius 3 is 1.31 bits per heavy atom. The van der Waals surface area contributed by atoms with Crippen molar-refractivity contribution in [2.45, 2.75) is 13.8 Å². The molecule has 26 heavy (non-hydrogen) atoms. The number of rotatable bonds is 19. The van der Waals surface area contributed by atoms with Crippen LogP contribution >= 0.6 is 0 Å². The largest absolute Gasteiger partial charge is 0.378 e. The second-order valence-corrected chi connectivity index (χ2v) is 5.50. The lowest BCUT2D eigenvalue weighted by Gasteiger charge is -2.07.